The van der Waals surface area contributed by atoms with E-state index in [4.69, 9.17) is 4.74 Å². The molecular formula is C28H53NO. The third-order valence-electron chi connectivity index (χ3n) is 8.48. The minimum absolute atomic E-state index is 0.516. The molecule has 2 heteroatoms. The first-order valence-corrected chi connectivity index (χ1v) is 14.2. The molecule has 0 amide bonds. The minimum atomic E-state index is 0.516. The van der Waals surface area contributed by atoms with Crippen LogP contribution in [0.2, 0.25) is 0 Å². The van der Waals surface area contributed by atoms with Gasteiger partial charge in [0, 0.05) is 12.1 Å². The van der Waals surface area contributed by atoms with Crippen molar-refractivity contribution in [2.45, 2.75) is 172 Å². The van der Waals surface area contributed by atoms with Crippen LogP contribution in [0.4, 0.5) is 0 Å². The van der Waals surface area contributed by atoms with Crippen LogP contribution in [0.25, 0.3) is 0 Å². The molecule has 3 fully saturated rings. The fourth-order valence-corrected chi connectivity index (χ4v) is 6.44. The van der Waals surface area contributed by atoms with Crippen molar-refractivity contribution in [1.82, 2.24) is 4.90 Å². The Hall–Kier alpha value is -0.0800. The van der Waals surface area contributed by atoms with E-state index in [1.165, 1.54) is 148 Å². The smallest absolute Gasteiger partial charge is 0.0593 e. The summed E-state index contributed by atoms with van der Waals surface area (Å²) in [7, 11) is 2.48. The van der Waals surface area contributed by atoms with Gasteiger partial charge < -0.3 is 9.64 Å². The number of hydrogen-bond donors (Lipinski definition) is 0. The quantitative estimate of drug-likeness (QED) is 0.390. The highest BCUT2D eigenvalue weighted by atomic mass is 16.5. The number of rotatable bonds is 0. The summed E-state index contributed by atoms with van der Waals surface area (Å²) >= 11 is 0. The zero-order valence-corrected chi connectivity index (χ0v) is 20.4. The van der Waals surface area contributed by atoms with Crippen molar-refractivity contribution in [3.63, 3.8) is 0 Å². The van der Waals surface area contributed by atoms with Gasteiger partial charge in [0.05, 0.1) is 12.2 Å². The molecule has 3 aliphatic rings. The fraction of sp³-hybridized carbons (Fsp3) is 1.00. The summed E-state index contributed by atoms with van der Waals surface area (Å²) in [5.74, 6) is 0. The molecule has 2 saturated carbocycles. The number of nitrogens with zero attached hydrogens (tertiary/aromatic N) is 1. The van der Waals surface area contributed by atoms with Crippen LogP contribution in [0, 0.1) is 0 Å². The van der Waals surface area contributed by atoms with Gasteiger partial charge in [0.15, 0.2) is 0 Å². The Balaban J connectivity index is 1.67. The topological polar surface area (TPSA) is 12.5 Å². The van der Waals surface area contributed by atoms with E-state index in [1.807, 2.05) is 0 Å². The highest BCUT2D eigenvalue weighted by molar-refractivity contribution is 4.85. The highest BCUT2D eigenvalue weighted by Crippen LogP contribution is 2.31. The Morgan fingerprint density at radius 2 is 0.733 bits per heavy atom. The lowest BCUT2D eigenvalue weighted by Crippen LogP contribution is -2.47. The second-order valence-electron chi connectivity index (χ2n) is 11.0. The zero-order chi connectivity index (χ0) is 20.9. The van der Waals surface area contributed by atoms with Crippen molar-refractivity contribution < 1.29 is 4.74 Å². The van der Waals surface area contributed by atoms with Crippen LogP contribution in [0.5, 0.6) is 0 Å². The number of hydrogen-bond acceptors (Lipinski definition) is 2. The lowest BCUT2D eigenvalue weighted by Gasteiger charge is -2.42. The molecule has 30 heavy (non-hydrogen) atoms. The van der Waals surface area contributed by atoms with E-state index >= 15 is 0 Å². The van der Waals surface area contributed by atoms with Crippen LogP contribution in [-0.2, 0) is 4.74 Å². The predicted molar refractivity (Wildman–Crippen MR) is 130 cm³/mol. The van der Waals surface area contributed by atoms with E-state index in [2.05, 4.69) is 11.9 Å². The van der Waals surface area contributed by atoms with Crippen LogP contribution in [0.3, 0.4) is 0 Å². The molecule has 0 spiro atoms. The third kappa shape index (κ3) is 9.19. The summed E-state index contributed by atoms with van der Waals surface area (Å²) in [6, 6.07) is 1.50. The molecule has 2 nitrogen and oxygen atoms in total. The van der Waals surface area contributed by atoms with Crippen LogP contribution in [0.1, 0.15) is 148 Å². The van der Waals surface area contributed by atoms with Crippen molar-refractivity contribution >= 4 is 0 Å². The molecule has 0 N–H and O–H groups in total. The van der Waals surface area contributed by atoms with Crippen LogP contribution >= 0.6 is 0 Å². The minimum Gasteiger partial charge on any atom is -0.375 e. The maximum absolute atomic E-state index is 6.95. The summed E-state index contributed by atoms with van der Waals surface area (Å²) in [4.78, 5) is 2.86. The number of ether oxygens (including phenoxy) is 1. The van der Waals surface area contributed by atoms with Crippen molar-refractivity contribution in [3.8, 4) is 0 Å². The molecule has 0 aromatic heterocycles. The van der Waals surface area contributed by atoms with Gasteiger partial charge in [0.2, 0.25) is 0 Å². The molecule has 1 aliphatic heterocycles. The van der Waals surface area contributed by atoms with Crippen molar-refractivity contribution in [1.29, 1.82) is 0 Å². The fourth-order valence-electron chi connectivity index (χ4n) is 6.44. The largest absolute Gasteiger partial charge is 0.375 e. The standard InChI is InChI=1S/C28H53NO/c1-29-25-19-15-11-7-3-2-4-9-13-17-21-27(23-25)30-28-22-18-14-10-6-5-8-12-16-20-26(29)24-28/h25-28H,2-24H2,1H3. The van der Waals surface area contributed by atoms with Gasteiger partial charge in [0.1, 0.15) is 0 Å². The lowest BCUT2D eigenvalue weighted by molar-refractivity contribution is -0.0761. The first-order chi connectivity index (χ1) is 14.8. The van der Waals surface area contributed by atoms with E-state index in [0.717, 1.165) is 12.1 Å². The molecule has 0 radical (unpaired) electrons. The van der Waals surface area contributed by atoms with Crippen molar-refractivity contribution in [2.75, 3.05) is 7.05 Å². The Bertz CT molecular complexity index is 425. The molecule has 4 bridgehead atoms. The van der Waals surface area contributed by atoms with E-state index in [1.54, 1.807) is 0 Å². The molecule has 1 saturated heterocycles. The second-order valence-corrected chi connectivity index (χ2v) is 11.0. The third-order valence-corrected chi connectivity index (χ3v) is 8.48. The Kier molecular flexibility index (Phi) is 12.2. The van der Waals surface area contributed by atoms with E-state index in [-0.39, 0.29) is 0 Å². The van der Waals surface area contributed by atoms with Gasteiger partial charge in [0.25, 0.3) is 0 Å². The maximum atomic E-state index is 6.95. The SMILES string of the molecule is CN1C2CCCCCCCCCCCC(C2)OC2CCCCCCCCCCC1C2. The molecular weight excluding hydrogens is 366 g/mol. The van der Waals surface area contributed by atoms with Gasteiger partial charge in [-0.15, -0.1) is 0 Å². The normalized spacial score (nSPS) is 35.5. The van der Waals surface area contributed by atoms with Gasteiger partial charge in [-0.1, -0.05) is 109 Å². The average molecular weight is 420 g/mol. The highest BCUT2D eigenvalue weighted by Gasteiger charge is 2.32. The Labute approximate surface area is 188 Å². The summed E-state index contributed by atoms with van der Waals surface area (Å²) in [6.07, 6.45) is 33.5. The monoisotopic (exact) mass is 419 g/mol. The molecule has 1 heterocycles. The van der Waals surface area contributed by atoms with E-state index in [0.29, 0.717) is 12.2 Å². The second kappa shape index (κ2) is 14.9. The van der Waals surface area contributed by atoms with Crippen molar-refractivity contribution in [3.05, 3.63) is 0 Å². The maximum Gasteiger partial charge on any atom is 0.0593 e. The van der Waals surface area contributed by atoms with E-state index < -0.39 is 0 Å². The molecule has 0 aromatic rings. The van der Waals surface area contributed by atoms with Crippen molar-refractivity contribution in [2.24, 2.45) is 0 Å². The first kappa shape index (κ1) is 24.6. The zero-order valence-electron chi connectivity index (χ0n) is 20.4. The average Bonchev–Trinajstić information content (AvgIpc) is 2.76. The van der Waals surface area contributed by atoms with Gasteiger partial charge in [-0.2, -0.15) is 0 Å². The molecule has 176 valence electrons. The van der Waals surface area contributed by atoms with Gasteiger partial charge >= 0.3 is 0 Å². The van der Waals surface area contributed by atoms with Gasteiger partial charge in [-0.25, -0.2) is 0 Å². The van der Waals surface area contributed by atoms with Crippen LogP contribution < -0.4 is 0 Å². The molecule has 0 aromatic carbocycles. The Morgan fingerprint density at radius 3 is 1.10 bits per heavy atom. The summed E-state index contributed by atoms with van der Waals surface area (Å²) in [6.45, 7) is 0. The Morgan fingerprint density at radius 1 is 0.433 bits per heavy atom. The summed E-state index contributed by atoms with van der Waals surface area (Å²) in [5, 5.41) is 0. The summed E-state index contributed by atoms with van der Waals surface area (Å²) < 4.78 is 6.95. The van der Waals surface area contributed by atoms with Gasteiger partial charge in [-0.3, -0.25) is 0 Å². The molecule has 2 aliphatic carbocycles. The predicted octanol–water partition coefficient (Wildman–Crippen LogP) is 8.42. The summed E-state index contributed by atoms with van der Waals surface area (Å²) in [5.41, 5.74) is 0. The van der Waals surface area contributed by atoms with Gasteiger partial charge in [-0.05, 0) is 45.6 Å². The van der Waals surface area contributed by atoms with Crippen LogP contribution in [-0.4, -0.2) is 36.2 Å². The molecule has 4 unspecified atom stereocenters. The van der Waals surface area contributed by atoms with E-state index in [9.17, 15) is 0 Å². The van der Waals surface area contributed by atoms with Crippen LogP contribution in [0.15, 0.2) is 0 Å². The first-order valence-electron chi connectivity index (χ1n) is 14.2. The number of fused-ring (bicyclic) bond motifs is 4. The lowest BCUT2D eigenvalue weighted by atomic mass is 9.90. The molecule has 4 atom stereocenters. The molecule has 3 rings (SSSR count).